The fourth-order valence-electron chi connectivity index (χ4n) is 2.60. The summed E-state index contributed by atoms with van der Waals surface area (Å²) in [5, 5.41) is 5.11. The van der Waals surface area contributed by atoms with Crippen molar-refractivity contribution >= 4 is 11.9 Å². The summed E-state index contributed by atoms with van der Waals surface area (Å²) in [4.78, 5) is 22.6. The topological polar surface area (TPSA) is 58.2 Å². The maximum Gasteiger partial charge on any atom is 0.322 e. The molecule has 4 heteroatoms. The zero-order chi connectivity index (χ0) is 9.47. The van der Waals surface area contributed by atoms with Crippen molar-refractivity contribution in [2.24, 2.45) is 5.92 Å². The number of urea groups is 1. The molecule has 0 aromatic rings. The zero-order valence-electron chi connectivity index (χ0n) is 7.72. The first kappa shape index (κ1) is 8.53. The van der Waals surface area contributed by atoms with E-state index in [1.807, 2.05) is 0 Å². The summed E-state index contributed by atoms with van der Waals surface area (Å²) in [6.45, 7) is 2.06. The van der Waals surface area contributed by atoms with Gasteiger partial charge in [0.25, 0.3) is 5.91 Å². The summed E-state index contributed by atoms with van der Waals surface area (Å²) >= 11 is 0. The quantitative estimate of drug-likeness (QED) is 0.588. The van der Waals surface area contributed by atoms with Crippen LogP contribution in [0.1, 0.15) is 32.6 Å². The molecular weight excluding hydrogens is 168 g/mol. The summed E-state index contributed by atoms with van der Waals surface area (Å²) < 4.78 is 0. The third-order valence-electron chi connectivity index (χ3n) is 3.28. The summed E-state index contributed by atoms with van der Waals surface area (Å²) in [5.41, 5.74) is -0.564. The van der Waals surface area contributed by atoms with Gasteiger partial charge in [-0.1, -0.05) is 19.8 Å². The van der Waals surface area contributed by atoms with Crippen molar-refractivity contribution < 1.29 is 9.59 Å². The molecular formula is C9H14N2O2. The molecule has 1 heterocycles. The normalized spacial score (nSPS) is 38.1. The van der Waals surface area contributed by atoms with Gasteiger partial charge in [0.05, 0.1) is 0 Å². The minimum absolute atomic E-state index is 0.123. The van der Waals surface area contributed by atoms with E-state index in [-0.39, 0.29) is 11.9 Å². The fourth-order valence-corrected chi connectivity index (χ4v) is 2.60. The Kier molecular flexibility index (Phi) is 1.78. The summed E-state index contributed by atoms with van der Waals surface area (Å²) in [5.74, 6) is 0.195. The van der Waals surface area contributed by atoms with E-state index in [4.69, 9.17) is 0 Å². The van der Waals surface area contributed by atoms with Crippen LogP contribution in [0.4, 0.5) is 4.79 Å². The number of rotatable bonds is 1. The average Bonchev–Trinajstić information content (AvgIpc) is 2.59. The molecule has 1 aliphatic carbocycles. The van der Waals surface area contributed by atoms with Crippen LogP contribution in [0.15, 0.2) is 0 Å². The Bertz CT molecular complexity index is 264. The van der Waals surface area contributed by atoms with Gasteiger partial charge < -0.3 is 5.32 Å². The second kappa shape index (κ2) is 2.72. The maximum absolute atomic E-state index is 11.6. The Morgan fingerprint density at radius 3 is 2.85 bits per heavy atom. The molecule has 4 nitrogen and oxygen atoms in total. The average molecular weight is 182 g/mol. The Morgan fingerprint density at radius 1 is 1.54 bits per heavy atom. The number of carbonyl (C=O) groups excluding carboxylic acids is 2. The Hall–Kier alpha value is -1.06. The smallest absolute Gasteiger partial charge is 0.322 e. The molecule has 2 fully saturated rings. The van der Waals surface area contributed by atoms with E-state index in [0.717, 1.165) is 25.7 Å². The van der Waals surface area contributed by atoms with Gasteiger partial charge in [0, 0.05) is 0 Å². The molecule has 1 saturated carbocycles. The molecule has 0 bridgehead atoms. The second-order valence-corrected chi connectivity index (χ2v) is 3.88. The lowest BCUT2D eigenvalue weighted by atomic mass is 9.85. The van der Waals surface area contributed by atoms with Crippen LogP contribution in [0.5, 0.6) is 0 Å². The van der Waals surface area contributed by atoms with Gasteiger partial charge in [-0.25, -0.2) is 4.79 Å². The number of hydrogen-bond acceptors (Lipinski definition) is 2. The number of amides is 3. The monoisotopic (exact) mass is 182 g/mol. The van der Waals surface area contributed by atoms with Crippen molar-refractivity contribution in [1.29, 1.82) is 0 Å². The van der Waals surface area contributed by atoms with E-state index in [2.05, 4.69) is 17.6 Å². The minimum atomic E-state index is -0.564. The van der Waals surface area contributed by atoms with Gasteiger partial charge in [0.15, 0.2) is 0 Å². The van der Waals surface area contributed by atoms with Crippen molar-refractivity contribution in [1.82, 2.24) is 10.6 Å². The molecule has 0 aromatic heterocycles. The van der Waals surface area contributed by atoms with E-state index in [9.17, 15) is 9.59 Å². The molecule has 1 spiro atoms. The first-order chi connectivity index (χ1) is 6.19. The number of carbonyl (C=O) groups is 2. The third-order valence-corrected chi connectivity index (χ3v) is 3.28. The largest absolute Gasteiger partial charge is 0.323 e. The molecule has 2 unspecified atom stereocenters. The van der Waals surface area contributed by atoms with Crippen LogP contribution in [-0.2, 0) is 4.79 Å². The summed E-state index contributed by atoms with van der Waals surface area (Å²) in [6, 6.07) is -0.328. The van der Waals surface area contributed by atoms with Crippen molar-refractivity contribution in [3.63, 3.8) is 0 Å². The lowest BCUT2D eigenvalue weighted by Crippen LogP contribution is -2.49. The highest BCUT2D eigenvalue weighted by molar-refractivity contribution is 6.07. The molecule has 72 valence electrons. The van der Waals surface area contributed by atoms with Gasteiger partial charge in [-0.15, -0.1) is 0 Å². The van der Waals surface area contributed by atoms with Crippen LogP contribution in [0, 0.1) is 5.92 Å². The lowest BCUT2D eigenvalue weighted by Gasteiger charge is -2.26. The van der Waals surface area contributed by atoms with Crippen LogP contribution in [-0.4, -0.2) is 17.5 Å². The van der Waals surface area contributed by atoms with Crippen molar-refractivity contribution in [2.45, 2.75) is 38.1 Å². The second-order valence-electron chi connectivity index (χ2n) is 3.88. The first-order valence-electron chi connectivity index (χ1n) is 4.82. The van der Waals surface area contributed by atoms with Crippen LogP contribution in [0.3, 0.4) is 0 Å². The lowest BCUT2D eigenvalue weighted by molar-refractivity contribution is -0.125. The van der Waals surface area contributed by atoms with Gasteiger partial charge in [-0.05, 0) is 18.8 Å². The van der Waals surface area contributed by atoms with E-state index >= 15 is 0 Å². The van der Waals surface area contributed by atoms with Crippen LogP contribution in [0.2, 0.25) is 0 Å². The molecule has 1 saturated heterocycles. The molecule has 0 aromatic carbocycles. The molecule has 2 N–H and O–H groups in total. The van der Waals surface area contributed by atoms with E-state index in [0.29, 0.717) is 5.92 Å². The maximum atomic E-state index is 11.6. The molecule has 2 aliphatic rings. The summed E-state index contributed by atoms with van der Waals surface area (Å²) in [6.07, 6.45) is 3.83. The van der Waals surface area contributed by atoms with Crippen LogP contribution >= 0.6 is 0 Å². The zero-order valence-corrected chi connectivity index (χ0v) is 7.72. The molecule has 2 rings (SSSR count). The Morgan fingerprint density at radius 2 is 2.31 bits per heavy atom. The van der Waals surface area contributed by atoms with E-state index < -0.39 is 5.54 Å². The fraction of sp³-hybridized carbons (Fsp3) is 0.778. The minimum Gasteiger partial charge on any atom is -0.323 e. The molecule has 0 radical (unpaired) electrons. The van der Waals surface area contributed by atoms with E-state index in [1.165, 1.54) is 0 Å². The Labute approximate surface area is 77.1 Å². The first-order valence-corrected chi connectivity index (χ1v) is 4.82. The van der Waals surface area contributed by atoms with Crippen molar-refractivity contribution in [2.75, 3.05) is 0 Å². The SMILES string of the molecule is CCC1CCCC12NC(=O)NC2=O. The van der Waals surface area contributed by atoms with Crippen LogP contribution in [0.25, 0.3) is 0 Å². The van der Waals surface area contributed by atoms with Gasteiger partial charge in [0.2, 0.25) is 0 Å². The van der Waals surface area contributed by atoms with Gasteiger partial charge >= 0.3 is 6.03 Å². The van der Waals surface area contributed by atoms with Crippen LogP contribution < -0.4 is 10.6 Å². The number of imide groups is 1. The van der Waals surface area contributed by atoms with Crippen molar-refractivity contribution in [3.8, 4) is 0 Å². The highest BCUT2D eigenvalue weighted by atomic mass is 16.2. The third kappa shape index (κ3) is 1.04. The predicted molar refractivity (Wildman–Crippen MR) is 47.0 cm³/mol. The highest BCUT2D eigenvalue weighted by Gasteiger charge is 2.53. The number of nitrogens with one attached hydrogen (secondary N) is 2. The molecule has 13 heavy (non-hydrogen) atoms. The van der Waals surface area contributed by atoms with Crippen molar-refractivity contribution in [3.05, 3.63) is 0 Å². The standard InChI is InChI=1S/C9H14N2O2/c1-2-6-4-3-5-9(6)7(12)10-8(13)11-9/h6H,2-5H2,1H3,(H2,10,11,12,13). The van der Waals surface area contributed by atoms with E-state index in [1.54, 1.807) is 0 Å². The molecule has 1 aliphatic heterocycles. The predicted octanol–water partition coefficient (Wildman–Crippen LogP) is 0.775. The molecule has 2 atom stereocenters. The highest BCUT2D eigenvalue weighted by Crippen LogP contribution is 2.39. The van der Waals surface area contributed by atoms with Gasteiger partial charge in [-0.3, -0.25) is 10.1 Å². The number of hydrogen-bond donors (Lipinski definition) is 2. The van der Waals surface area contributed by atoms with Gasteiger partial charge in [0.1, 0.15) is 5.54 Å². The molecule has 3 amide bonds. The Balaban J connectivity index is 2.28. The van der Waals surface area contributed by atoms with Gasteiger partial charge in [-0.2, -0.15) is 0 Å². The summed E-state index contributed by atoms with van der Waals surface area (Å²) in [7, 11) is 0.